The predicted octanol–water partition coefficient (Wildman–Crippen LogP) is 2.59. The summed E-state index contributed by atoms with van der Waals surface area (Å²) in [6.45, 7) is 0. The highest BCUT2D eigenvalue weighted by Gasteiger charge is 2.11. The van der Waals surface area contributed by atoms with Gasteiger partial charge in [0.05, 0.1) is 12.7 Å². The average molecular weight is 247 g/mol. The number of rotatable bonds is 3. The molecule has 0 atom stereocenters. The van der Waals surface area contributed by atoms with Crippen LogP contribution in [0.3, 0.4) is 0 Å². The zero-order valence-electron chi connectivity index (χ0n) is 9.55. The molecule has 2 aromatic rings. The zero-order chi connectivity index (χ0) is 13.1. The van der Waals surface area contributed by atoms with E-state index >= 15 is 0 Å². The van der Waals surface area contributed by atoms with E-state index in [1.165, 1.54) is 25.4 Å². The monoisotopic (exact) mass is 247 g/mol. The van der Waals surface area contributed by atoms with Gasteiger partial charge in [0, 0.05) is 12.3 Å². The van der Waals surface area contributed by atoms with Gasteiger partial charge in [0.15, 0.2) is 0 Å². The van der Waals surface area contributed by atoms with Gasteiger partial charge in [-0.1, -0.05) is 6.07 Å². The van der Waals surface area contributed by atoms with Gasteiger partial charge in [0.2, 0.25) is 5.88 Å². The number of methoxy groups -OCH3 is 1. The first-order valence-corrected chi connectivity index (χ1v) is 5.15. The van der Waals surface area contributed by atoms with Crippen LogP contribution in [0.25, 0.3) is 11.1 Å². The van der Waals surface area contributed by atoms with Crippen molar-refractivity contribution in [2.75, 3.05) is 7.11 Å². The maximum atomic E-state index is 13.5. The van der Waals surface area contributed by atoms with Crippen molar-refractivity contribution in [3.8, 4) is 17.0 Å². The average Bonchev–Trinajstić information content (AvgIpc) is 2.38. The number of benzene rings is 1. The smallest absolute Gasteiger partial charge is 0.338 e. The molecule has 0 radical (unpaired) electrons. The summed E-state index contributed by atoms with van der Waals surface area (Å²) in [7, 11) is 1.49. The Bertz CT molecular complexity index is 599. The lowest BCUT2D eigenvalue weighted by molar-refractivity contribution is 0.0692. The number of halogens is 1. The molecule has 0 saturated carbocycles. The van der Waals surface area contributed by atoms with Crippen LogP contribution >= 0.6 is 0 Å². The van der Waals surface area contributed by atoms with Crippen LogP contribution < -0.4 is 4.74 Å². The van der Waals surface area contributed by atoms with Crippen molar-refractivity contribution in [1.82, 2.24) is 4.98 Å². The predicted molar refractivity (Wildman–Crippen MR) is 63.1 cm³/mol. The maximum Gasteiger partial charge on any atom is 0.338 e. The highest BCUT2D eigenvalue weighted by atomic mass is 19.1. The van der Waals surface area contributed by atoms with E-state index < -0.39 is 11.8 Å². The lowest BCUT2D eigenvalue weighted by atomic mass is 10.0. The summed E-state index contributed by atoms with van der Waals surface area (Å²) in [6, 6.07) is 7.30. The highest BCUT2D eigenvalue weighted by molar-refractivity contribution is 5.88. The first kappa shape index (κ1) is 12.0. The molecule has 4 nitrogen and oxygen atoms in total. The normalized spacial score (nSPS) is 10.1. The molecule has 92 valence electrons. The quantitative estimate of drug-likeness (QED) is 0.905. The van der Waals surface area contributed by atoms with Crippen molar-refractivity contribution in [1.29, 1.82) is 0 Å². The topological polar surface area (TPSA) is 59.4 Å². The van der Waals surface area contributed by atoms with Crippen LogP contribution in [-0.4, -0.2) is 23.2 Å². The van der Waals surface area contributed by atoms with Crippen LogP contribution in [0.2, 0.25) is 0 Å². The van der Waals surface area contributed by atoms with Gasteiger partial charge in [0.25, 0.3) is 0 Å². The third kappa shape index (κ3) is 2.29. The van der Waals surface area contributed by atoms with Gasteiger partial charge >= 0.3 is 5.97 Å². The molecule has 1 heterocycles. The molecular formula is C13H10FNO3. The van der Waals surface area contributed by atoms with Crippen LogP contribution in [0.5, 0.6) is 5.88 Å². The van der Waals surface area contributed by atoms with Crippen LogP contribution in [0, 0.1) is 5.82 Å². The fourth-order valence-electron chi connectivity index (χ4n) is 1.57. The minimum absolute atomic E-state index is 0.347. The third-order valence-corrected chi connectivity index (χ3v) is 2.48. The Labute approximate surface area is 103 Å². The van der Waals surface area contributed by atoms with Gasteiger partial charge < -0.3 is 9.84 Å². The molecule has 0 aliphatic rings. The Morgan fingerprint density at radius 1 is 1.28 bits per heavy atom. The van der Waals surface area contributed by atoms with Crippen molar-refractivity contribution >= 4 is 5.97 Å². The molecule has 2 rings (SSSR count). The van der Waals surface area contributed by atoms with E-state index in [9.17, 15) is 9.18 Å². The molecule has 5 heteroatoms. The van der Waals surface area contributed by atoms with Gasteiger partial charge in [-0.25, -0.2) is 14.2 Å². The number of ether oxygens (including phenoxy) is 1. The molecule has 18 heavy (non-hydrogen) atoms. The molecule has 0 aliphatic heterocycles. The second-order valence-corrected chi connectivity index (χ2v) is 3.59. The maximum absolute atomic E-state index is 13.5. The number of carboxylic acids is 1. The third-order valence-electron chi connectivity index (χ3n) is 2.48. The van der Waals surface area contributed by atoms with Crippen LogP contribution in [0.15, 0.2) is 36.5 Å². The van der Waals surface area contributed by atoms with E-state index in [1.807, 2.05) is 0 Å². The SMILES string of the molecule is COc1cc(-c2ccc(C(=O)O)c(F)c2)ccn1. The summed E-state index contributed by atoms with van der Waals surface area (Å²) in [4.78, 5) is 14.6. The molecule has 0 spiro atoms. The van der Waals surface area contributed by atoms with Gasteiger partial charge in [-0.3, -0.25) is 0 Å². The number of hydrogen-bond acceptors (Lipinski definition) is 3. The Morgan fingerprint density at radius 3 is 2.61 bits per heavy atom. The van der Waals surface area contributed by atoms with E-state index in [4.69, 9.17) is 9.84 Å². The van der Waals surface area contributed by atoms with Gasteiger partial charge in [-0.2, -0.15) is 0 Å². The van der Waals surface area contributed by atoms with E-state index in [0.717, 1.165) is 0 Å². The second kappa shape index (κ2) is 4.83. The summed E-state index contributed by atoms with van der Waals surface area (Å²) >= 11 is 0. The van der Waals surface area contributed by atoms with E-state index in [2.05, 4.69) is 4.98 Å². The number of nitrogens with zero attached hydrogens (tertiary/aromatic N) is 1. The molecule has 0 unspecified atom stereocenters. The van der Waals surface area contributed by atoms with Crippen LogP contribution in [0.1, 0.15) is 10.4 Å². The number of pyridine rings is 1. The van der Waals surface area contributed by atoms with E-state index in [1.54, 1.807) is 18.2 Å². The number of carboxylic acid groups (broad SMARTS) is 1. The van der Waals surface area contributed by atoms with Crippen molar-refractivity contribution < 1.29 is 19.0 Å². The fraction of sp³-hybridized carbons (Fsp3) is 0.0769. The Morgan fingerprint density at radius 2 is 2.00 bits per heavy atom. The summed E-state index contributed by atoms with van der Waals surface area (Å²) < 4.78 is 18.5. The molecule has 0 fully saturated rings. The highest BCUT2D eigenvalue weighted by Crippen LogP contribution is 2.24. The Hall–Kier alpha value is -2.43. The molecule has 1 aromatic heterocycles. The number of hydrogen-bond donors (Lipinski definition) is 1. The first-order valence-electron chi connectivity index (χ1n) is 5.15. The molecule has 1 N–H and O–H groups in total. The van der Waals surface area contributed by atoms with E-state index in [0.29, 0.717) is 17.0 Å². The second-order valence-electron chi connectivity index (χ2n) is 3.59. The lowest BCUT2D eigenvalue weighted by Crippen LogP contribution is -2.00. The van der Waals surface area contributed by atoms with Crippen LogP contribution in [0.4, 0.5) is 4.39 Å². The van der Waals surface area contributed by atoms with Gasteiger partial charge in [0.1, 0.15) is 5.82 Å². The van der Waals surface area contributed by atoms with Gasteiger partial charge in [-0.05, 0) is 29.3 Å². The molecule has 0 saturated heterocycles. The van der Waals surface area contributed by atoms with Crippen LogP contribution in [-0.2, 0) is 0 Å². The Balaban J connectivity index is 2.45. The first-order chi connectivity index (χ1) is 8.61. The van der Waals surface area contributed by atoms with Gasteiger partial charge in [-0.15, -0.1) is 0 Å². The standard InChI is InChI=1S/C13H10FNO3/c1-18-12-7-9(4-5-15-12)8-2-3-10(13(16)17)11(14)6-8/h2-7H,1H3,(H,16,17). The fourth-order valence-corrected chi connectivity index (χ4v) is 1.57. The zero-order valence-corrected chi connectivity index (χ0v) is 9.55. The van der Waals surface area contributed by atoms with Crippen molar-refractivity contribution in [3.63, 3.8) is 0 Å². The Kier molecular flexibility index (Phi) is 3.23. The summed E-state index contributed by atoms with van der Waals surface area (Å²) in [6.07, 6.45) is 1.54. The minimum Gasteiger partial charge on any atom is -0.481 e. The molecule has 0 bridgehead atoms. The summed E-state index contributed by atoms with van der Waals surface area (Å²) in [5, 5.41) is 8.74. The van der Waals surface area contributed by atoms with Crippen molar-refractivity contribution in [2.24, 2.45) is 0 Å². The van der Waals surface area contributed by atoms with E-state index in [-0.39, 0.29) is 5.56 Å². The largest absolute Gasteiger partial charge is 0.481 e. The molecule has 0 amide bonds. The molecule has 1 aromatic carbocycles. The van der Waals surface area contributed by atoms with Crippen molar-refractivity contribution in [3.05, 3.63) is 47.9 Å². The molecule has 0 aliphatic carbocycles. The molecular weight excluding hydrogens is 237 g/mol. The number of aromatic carboxylic acids is 1. The number of carbonyl (C=O) groups is 1. The van der Waals surface area contributed by atoms with Crippen molar-refractivity contribution in [2.45, 2.75) is 0 Å². The summed E-state index contributed by atoms with van der Waals surface area (Å²) in [5.74, 6) is -1.64. The minimum atomic E-state index is -1.29. The summed E-state index contributed by atoms with van der Waals surface area (Å²) in [5.41, 5.74) is 0.927. The lowest BCUT2D eigenvalue weighted by Gasteiger charge is -2.05. The number of aromatic nitrogens is 1.